The van der Waals surface area contributed by atoms with E-state index in [1.807, 2.05) is 65.0 Å². The van der Waals surface area contributed by atoms with Crippen LogP contribution < -0.4 is 15.4 Å². The normalized spacial score (nSPS) is 17.8. The lowest BCUT2D eigenvalue weighted by Crippen LogP contribution is -2.56. The van der Waals surface area contributed by atoms with Gasteiger partial charge in [-0.05, 0) is 58.4 Å². The fraction of sp³-hybridized carbons (Fsp3) is 0.500. The molecule has 1 saturated heterocycles. The van der Waals surface area contributed by atoms with Crippen LogP contribution in [0.2, 0.25) is 0 Å². The molecule has 2 atom stereocenters. The molecule has 1 aromatic heterocycles. The van der Waals surface area contributed by atoms with Crippen LogP contribution in [-0.4, -0.2) is 67.4 Å². The van der Waals surface area contributed by atoms with Crippen LogP contribution in [0.1, 0.15) is 50.0 Å². The molecule has 36 heavy (non-hydrogen) atoms. The van der Waals surface area contributed by atoms with Crippen LogP contribution in [-0.2, 0) is 18.8 Å². The Morgan fingerprint density at radius 3 is 2.33 bits per heavy atom. The molecule has 10 heteroatoms. The number of aryl methyl sites for hydroxylation is 1. The first-order valence-corrected chi connectivity index (χ1v) is 12.1. The predicted molar refractivity (Wildman–Crippen MR) is 137 cm³/mol. The van der Waals surface area contributed by atoms with Gasteiger partial charge in [0.2, 0.25) is 5.91 Å². The lowest BCUT2D eigenvalue weighted by atomic mass is 9.76. The number of carbonyl (C=O) groups excluding carboxylic acids is 2. The second kappa shape index (κ2) is 11.9. The zero-order chi connectivity index (χ0) is 26.3. The van der Waals surface area contributed by atoms with Gasteiger partial charge in [0.1, 0.15) is 11.8 Å². The molecule has 2 N–H and O–H groups in total. The Bertz CT molecular complexity index is 1020. The Morgan fingerprint density at radius 2 is 1.72 bits per heavy atom. The van der Waals surface area contributed by atoms with Gasteiger partial charge in [-0.3, -0.25) is 14.6 Å². The van der Waals surface area contributed by atoms with Crippen LogP contribution >= 0.6 is 0 Å². The van der Waals surface area contributed by atoms with Crippen LogP contribution in [0.4, 0.5) is 0 Å². The van der Waals surface area contributed by atoms with Crippen LogP contribution in [0, 0.1) is 6.92 Å². The van der Waals surface area contributed by atoms with Crippen molar-refractivity contribution in [2.45, 2.75) is 64.2 Å². The Kier molecular flexibility index (Phi) is 9.11. The highest BCUT2D eigenvalue weighted by atomic mass is 16.7. The Hall–Kier alpha value is -2.95. The third-order valence-electron chi connectivity index (χ3n) is 6.46. The fourth-order valence-corrected chi connectivity index (χ4v) is 3.70. The van der Waals surface area contributed by atoms with Crippen molar-refractivity contribution in [3.05, 3.63) is 59.9 Å². The van der Waals surface area contributed by atoms with Crippen molar-refractivity contribution in [2.75, 3.05) is 20.3 Å². The lowest BCUT2D eigenvalue weighted by molar-refractivity contribution is -0.124. The molecular weight excluding hydrogens is 461 g/mol. The lowest BCUT2D eigenvalue weighted by Gasteiger charge is -2.32. The summed E-state index contributed by atoms with van der Waals surface area (Å²) in [5.74, 6) is -0.625. The van der Waals surface area contributed by atoms with Gasteiger partial charge in [0.15, 0.2) is 0 Å². The molecule has 9 nitrogen and oxygen atoms in total. The van der Waals surface area contributed by atoms with Gasteiger partial charge in [-0.25, -0.2) is 0 Å². The summed E-state index contributed by atoms with van der Waals surface area (Å²) in [5.41, 5.74) is 0.0655. The highest BCUT2D eigenvalue weighted by Gasteiger charge is 2.54. The molecule has 2 amide bonds. The highest BCUT2D eigenvalue weighted by Crippen LogP contribution is 2.37. The second-order valence-electron chi connectivity index (χ2n) is 9.92. The summed E-state index contributed by atoms with van der Waals surface area (Å²) in [6.45, 7) is 9.98. The van der Waals surface area contributed by atoms with Gasteiger partial charge in [-0.15, -0.1) is 0 Å². The van der Waals surface area contributed by atoms with E-state index in [2.05, 4.69) is 15.6 Å². The molecular formula is C26H36BN3O6. The molecule has 1 aliphatic heterocycles. The maximum Gasteiger partial charge on any atom is 0.481 e. The number of amides is 2. The van der Waals surface area contributed by atoms with Gasteiger partial charge in [0.25, 0.3) is 5.91 Å². The van der Waals surface area contributed by atoms with E-state index in [-0.39, 0.29) is 6.61 Å². The summed E-state index contributed by atoms with van der Waals surface area (Å²) >= 11 is 0. The van der Waals surface area contributed by atoms with E-state index in [1.54, 1.807) is 12.3 Å². The van der Waals surface area contributed by atoms with Crippen molar-refractivity contribution in [3.63, 3.8) is 0 Å². The number of aromatic nitrogens is 1. The Balaban J connectivity index is 1.72. The molecule has 0 saturated carbocycles. The summed E-state index contributed by atoms with van der Waals surface area (Å²) in [6, 6.07) is 10.2. The minimum Gasteiger partial charge on any atom is -0.494 e. The fourth-order valence-electron chi connectivity index (χ4n) is 3.70. The maximum atomic E-state index is 13.3. The molecule has 1 unspecified atom stereocenters. The number of nitrogens with zero attached hydrogens (tertiary/aromatic N) is 1. The molecule has 3 rings (SSSR count). The molecule has 1 aromatic carbocycles. The van der Waals surface area contributed by atoms with Crippen molar-refractivity contribution in [1.82, 2.24) is 15.6 Å². The van der Waals surface area contributed by atoms with Crippen LogP contribution in [0.25, 0.3) is 0 Å². The van der Waals surface area contributed by atoms with Gasteiger partial charge < -0.3 is 29.4 Å². The zero-order valence-corrected chi connectivity index (χ0v) is 21.9. The Labute approximate surface area is 213 Å². The minimum absolute atomic E-state index is 0.00653. The van der Waals surface area contributed by atoms with Gasteiger partial charge in [0.05, 0.1) is 35.9 Å². The smallest absolute Gasteiger partial charge is 0.481 e. The highest BCUT2D eigenvalue weighted by molar-refractivity contribution is 6.48. The first-order chi connectivity index (χ1) is 17.0. The Morgan fingerprint density at radius 1 is 1.06 bits per heavy atom. The zero-order valence-electron chi connectivity index (χ0n) is 21.9. The van der Waals surface area contributed by atoms with Crippen LogP contribution in [0.15, 0.2) is 48.8 Å². The summed E-state index contributed by atoms with van der Waals surface area (Å²) in [6.07, 6.45) is 3.54. The molecule has 1 aliphatic rings. The quantitative estimate of drug-likeness (QED) is 0.460. The number of pyridine rings is 1. The van der Waals surface area contributed by atoms with E-state index in [4.69, 9.17) is 18.8 Å². The third kappa shape index (κ3) is 7.06. The van der Waals surface area contributed by atoms with E-state index >= 15 is 0 Å². The van der Waals surface area contributed by atoms with Crippen LogP contribution in [0.5, 0.6) is 5.75 Å². The predicted octanol–water partition coefficient (Wildman–Crippen LogP) is 2.72. The van der Waals surface area contributed by atoms with Gasteiger partial charge in [-0.1, -0.05) is 18.2 Å². The van der Waals surface area contributed by atoms with Crippen molar-refractivity contribution >= 4 is 18.9 Å². The second-order valence-corrected chi connectivity index (χ2v) is 9.92. The number of para-hydroxylation sites is 1. The van der Waals surface area contributed by atoms with Crippen molar-refractivity contribution in [2.24, 2.45) is 0 Å². The summed E-state index contributed by atoms with van der Waals surface area (Å²) in [4.78, 5) is 30.1. The molecule has 0 bridgehead atoms. The number of rotatable bonds is 11. The van der Waals surface area contributed by atoms with Gasteiger partial charge in [-0.2, -0.15) is 0 Å². The average Bonchev–Trinajstić information content (AvgIpc) is 3.05. The van der Waals surface area contributed by atoms with Crippen LogP contribution in [0.3, 0.4) is 0 Å². The van der Waals surface area contributed by atoms with E-state index in [9.17, 15) is 9.59 Å². The number of hydrogen-bond acceptors (Lipinski definition) is 7. The first kappa shape index (κ1) is 27.6. The summed E-state index contributed by atoms with van der Waals surface area (Å²) < 4.78 is 23.5. The minimum atomic E-state index is -0.928. The largest absolute Gasteiger partial charge is 0.494 e. The average molecular weight is 497 g/mol. The summed E-state index contributed by atoms with van der Waals surface area (Å²) in [7, 11) is 0.776. The summed E-state index contributed by atoms with van der Waals surface area (Å²) in [5, 5.41) is 5.74. The maximum absolute atomic E-state index is 13.3. The number of hydrogen-bond donors (Lipinski definition) is 2. The standard InChI is InChI=1S/C26H36BN3O6/c1-18-14-19(16-28-15-18)23(31)29-21(17-33-6)24(32)30-22(12-13-34-20-10-8-7-9-11-20)27-35-25(2,3)26(4,5)36-27/h7-11,14-16,21-22H,12-13,17H2,1-6H3,(H,29,31)(H,30,32)/t21?,22-/m0/s1. The number of methoxy groups -OCH3 is 1. The molecule has 1 fully saturated rings. The van der Waals surface area contributed by atoms with Gasteiger partial charge in [0, 0.05) is 25.9 Å². The van der Waals surface area contributed by atoms with Crippen molar-refractivity contribution in [1.29, 1.82) is 0 Å². The molecule has 2 heterocycles. The van der Waals surface area contributed by atoms with Crippen molar-refractivity contribution in [3.8, 4) is 5.75 Å². The monoisotopic (exact) mass is 497 g/mol. The van der Waals surface area contributed by atoms with E-state index in [0.29, 0.717) is 18.6 Å². The number of benzene rings is 1. The molecule has 2 aromatic rings. The van der Waals surface area contributed by atoms with E-state index in [0.717, 1.165) is 11.3 Å². The van der Waals surface area contributed by atoms with Gasteiger partial charge >= 0.3 is 7.12 Å². The molecule has 0 radical (unpaired) electrons. The number of carbonyl (C=O) groups is 2. The topological polar surface area (TPSA) is 108 Å². The molecule has 194 valence electrons. The number of ether oxygens (including phenoxy) is 2. The molecule has 0 aliphatic carbocycles. The van der Waals surface area contributed by atoms with E-state index < -0.39 is 42.1 Å². The van der Waals surface area contributed by atoms with Crippen molar-refractivity contribution < 1.29 is 28.4 Å². The first-order valence-electron chi connectivity index (χ1n) is 12.1. The third-order valence-corrected chi connectivity index (χ3v) is 6.46. The number of nitrogens with one attached hydrogen (secondary N) is 2. The SMILES string of the molecule is COCC(NC(=O)c1cncc(C)c1)C(=O)N[C@@H](CCOc1ccccc1)B1OC(C)(C)C(C)(C)O1. The van der Waals surface area contributed by atoms with E-state index in [1.165, 1.54) is 13.3 Å². The molecule has 0 spiro atoms.